The number of fused-ring (bicyclic) bond motifs is 4. The summed E-state index contributed by atoms with van der Waals surface area (Å²) in [6, 6.07) is 7.45. The lowest BCUT2D eigenvalue weighted by atomic mass is 9.77. The van der Waals surface area contributed by atoms with Gasteiger partial charge in [-0.15, -0.1) is 0 Å². The first-order valence-electron chi connectivity index (χ1n) is 10.6. The molecule has 4 rings (SSSR count). The Labute approximate surface area is 164 Å². The molecule has 0 aromatic heterocycles. The number of rotatable bonds is 5. The van der Waals surface area contributed by atoms with Gasteiger partial charge < -0.3 is 5.73 Å². The SMILES string of the molecule is CCc1ccc2c(c1)CCN1C[C@H]3CCCN(S(=O)(=O)CCCN)[C@H]3C[C@@H]21. The van der Waals surface area contributed by atoms with Gasteiger partial charge in [-0.2, -0.15) is 4.31 Å². The minimum absolute atomic E-state index is 0.152. The van der Waals surface area contributed by atoms with Crippen LogP contribution in [-0.2, 0) is 22.9 Å². The maximum absolute atomic E-state index is 12.9. The number of sulfonamides is 1. The Morgan fingerprint density at radius 2 is 2.11 bits per heavy atom. The van der Waals surface area contributed by atoms with E-state index in [4.69, 9.17) is 5.73 Å². The largest absolute Gasteiger partial charge is 0.330 e. The first-order valence-corrected chi connectivity index (χ1v) is 12.2. The molecule has 0 radical (unpaired) electrons. The van der Waals surface area contributed by atoms with E-state index in [9.17, 15) is 8.42 Å². The Balaban J connectivity index is 1.60. The predicted molar refractivity (Wildman–Crippen MR) is 109 cm³/mol. The van der Waals surface area contributed by atoms with E-state index in [1.54, 1.807) is 0 Å². The summed E-state index contributed by atoms with van der Waals surface area (Å²) in [6.45, 7) is 5.46. The van der Waals surface area contributed by atoms with Crippen LogP contribution in [-0.4, -0.2) is 55.6 Å². The highest BCUT2D eigenvalue weighted by Crippen LogP contribution is 2.43. The topological polar surface area (TPSA) is 66.6 Å². The Hall–Kier alpha value is -0.950. The molecule has 5 nitrogen and oxygen atoms in total. The molecule has 3 aliphatic rings. The van der Waals surface area contributed by atoms with Crippen molar-refractivity contribution >= 4 is 10.0 Å². The zero-order chi connectivity index (χ0) is 19.0. The fraction of sp³-hybridized carbons (Fsp3) is 0.714. The van der Waals surface area contributed by atoms with Crippen LogP contribution < -0.4 is 5.73 Å². The van der Waals surface area contributed by atoms with Crippen LogP contribution in [0.2, 0.25) is 0 Å². The number of piperidine rings is 2. The average Bonchev–Trinajstić information content (AvgIpc) is 2.69. The number of nitrogens with zero attached hydrogens (tertiary/aromatic N) is 2. The van der Waals surface area contributed by atoms with Crippen molar-refractivity contribution in [1.29, 1.82) is 0 Å². The van der Waals surface area contributed by atoms with Crippen LogP contribution in [0, 0.1) is 5.92 Å². The van der Waals surface area contributed by atoms with Gasteiger partial charge in [0.1, 0.15) is 0 Å². The van der Waals surface area contributed by atoms with Crippen molar-refractivity contribution in [2.24, 2.45) is 11.7 Å². The summed E-state index contributed by atoms with van der Waals surface area (Å²) in [5, 5.41) is 0. The first-order chi connectivity index (χ1) is 13.0. The molecule has 0 amide bonds. The van der Waals surface area contributed by atoms with E-state index in [2.05, 4.69) is 30.0 Å². The normalized spacial score (nSPS) is 29.0. The molecule has 6 heteroatoms. The number of aryl methyl sites for hydroxylation is 1. The van der Waals surface area contributed by atoms with Crippen molar-refractivity contribution in [3.8, 4) is 0 Å². The molecule has 1 aromatic carbocycles. The van der Waals surface area contributed by atoms with Gasteiger partial charge in [0.15, 0.2) is 0 Å². The highest BCUT2D eigenvalue weighted by Gasteiger charge is 2.45. The molecule has 150 valence electrons. The van der Waals surface area contributed by atoms with Gasteiger partial charge in [-0.25, -0.2) is 8.42 Å². The molecular weight excluding hydrogens is 358 g/mol. The Morgan fingerprint density at radius 3 is 2.89 bits per heavy atom. The molecule has 2 saturated heterocycles. The fourth-order valence-corrected chi connectivity index (χ4v) is 7.26. The average molecular weight is 392 g/mol. The molecule has 2 fully saturated rings. The van der Waals surface area contributed by atoms with Crippen LogP contribution in [0.4, 0.5) is 0 Å². The van der Waals surface area contributed by atoms with E-state index in [-0.39, 0.29) is 11.8 Å². The number of benzene rings is 1. The van der Waals surface area contributed by atoms with E-state index in [0.29, 0.717) is 31.5 Å². The van der Waals surface area contributed by atoms with Crippen molar-refractivity contribution in [2.75, 3.05) is 31.9 Å². The lowest BCUT2D eigenvalue weighted by molar-refractivity contribution is 0.0220. The van der Waals surface area contributed by atoms with Crippen molar-refractivity contribution in [2.45, 2.75) is 57.5 Å². The molecule has 0 saturated carbocycles. The molecule has 3 heterocycles. The summed E-state index contributed by atoms with van der Waals surface area (Å²) >= 11 is 0. The zero-order valence-electron chi connectivity index (χ0n) is 16.4. The quantitative estimate of drug-likeness (QED) is 0.836. The molecule has 0 spiro atoms. The summed E-state index contributed by atoms with van der Waals surface area (Å²) in [5.41, 5.74) is 9.88. The van der Waals surface area contributed by atoms with E-state index in [0.717, 1.165) is 45.2 Å². The van der Waals surface area contributed by atoms with Crippen LogP contribution in [0.15, 0.2) is 18.2 Å². The van der Waals surface area contributed by atoms with Gasteiger partial charge >= 0.3 is 0 Å². The highest BCUT2D eigenvalue weighted by atomic mass is 32.2. The fourth-order valence-electron chi connectivity index (χ4n) is 5.42. The summed E-state index contributed by atoms with van der Waals surface area (Å²) in [6.07, 6.45) is 5.81. The van der Waals surface area contributed by atoms with Gasteiger partial charge in [0, 0.05) is 31.7 Å². The van der Waals surface area contributed by atoms with Crippen molar-refractivity contribution < 1.29 is 8.42 Å². The van der Waals surface area contributed by atoms with Gasteiger partial charge in [-0.3, -0.25) is 4.90 Å². The summed E-state index contributed by atoms with van der Waals surface area (Å²) in [7, 11) is -3.21. The number of nitrogens with two attached hydrogens (primary N) is 1. The van der Waals surface area contributed by atoms with Gasteiger partial charge in [-0.1, -0.05) is 25.1 Å². The third-order valence-electron chi connectivity index (χ3n) is 6.85. The maximum Gasteiger partial charge on any atom is 0.214 e. The smallest absolute Gasteiger partial charge is 0.214 e. The lowest BCUT2D eigenvalue weighted by Crippen LogP contribution is -2.57. The molecule has 0 aliphatic carbocycles. The molecule has 0 unspecified atom stereocenters. The molecule has 2 N–H and O–H groups in total. The Kier molecular flexibility index (Phi) is 5.61. The van der Waals surface area contributed by atoms with E-state index in [1.807, 2.05) is 4.31 Å². The van der Waals surface area contributed by atoms with Gasteiger partial charge in [0.2, 0.25) is 10.0 Å². The molecule has 1 aromatic rings. The Morgan fingerprint density at radius 1 is 1.26 bits per heavy atom. The second kappa shape index (κ2) is 7.82. The second-order valence-electron chi connectivity index (χ2n) is 8.42. The van der Waals surface area contributed by atoms with Crippen LogP contribution in [0.3, 0.4) is 0 Å². The molecular formula is C21H33N3O2S. The lowest BCUT2D eigenvalue weighted by Gasteiger charge is -2.51. The van der Waals surface area contributed by atoms with Crippen LogP contribution in [0.25, 0.3) is 0 Å². The van der Waals surface area contributed by atoms with Crippen molar-refractivity contribution in [3.05, 3.63) is 34.9 Å². The van der Waals surface area contributed by atoms with E-state index < -0.39 is 10.0 Å². The van der Waals surface area contributed by atoms with Gasteiger partial charge in [0.25, 0.3) is 0 Å². The predicted octanol–water partition coefficient (Wildman–Crippen LogP) is 2.31. The third-order valence-corrected chi connectivity index (χ3v) is 8.82. The zero-order valence-corrected chi connectivity index (χ0v) is 17.3. The molecule has 3 aliphatic heterocycles. The molecule has 3 atom stereocenters. The minimum Gasteiger partial charge on any atom is -0.330 e. The molecule has 0 bridgehead atoms. The van der Waals surface area contributed by atoms with Crippen molar-refractivity contribution in [1.82, 2.24) is 9.21 Å². The standard InChI is InChI=1S/C21H33N3O2S/c1-2-16-6-7-19-17(13-16)8-11-23-15-18-5-3-10-24(20(18)14-21(19)23)27(25,26)12-4-9-22/h6-7,13,18,20-21H,2-5,8-12,14-15,22H2,1H3/t18-,20+,21+/m1/s1. The number of hydrogen-bond acceptors (Lipinski definition) is 4. The van der Waals surface area contributed by atoms with Crippen LogP contribution in [0.1, 0.15) is 55.3 Å². The summed E-state index contributed by atoms with van der Waals surface area (Å²) in [5.74, 6) is 0.663. The maximum atomic E-state index is 12.9. The van der Waals surface area contributed by atoms with E-state index >= 15 is 0 Å². The van der Waals surface area contributed by atoms with Gasteiger partial charge in [-0.05, 0) is 67.7 Å². The molecule has 27 heavy (non-hydrogen) atoms. The summed E-state index contributed by atoms with van der Waals surface area (Å²) < 4.78 is 27.7. The van der Waals surface area contributed by atoms with E-state index in [1.165, 1.54) is 16.7 Å². The third kappa shape index (κ3) is 3.69. The van der Waals surface area contributed by atoms with Gasteiger partial charge in [0.05, 0.1) is 5.75 Å². The van der Waals surface area contributed by atoms with Crippen LogP contribution >= 0.6 is 0 Å². The highest BCUT2D eigenvalue weighted by molar-refractivity contribution is 7.89. The van der Waals surface area contributed by atoms with Crippen molar-refractivity contribution in [3.63, 3.8) is 0 Å². The van der Waals surface area contributed by atoms with Crippen LogP contribution in [0.5, 0.6) is 0 Å². The first kappa shape index (κ1) is 19.4. The Bertz CT molecular complexity index is 780. The minimum atomic E-state index is -3.21. The second-order valence-corrected chi connectivity index (χ2v) is 10.5. The summed E-state index contributed by atoms with van der Waals surface area (Å²) in [4.78, 5) is 2.62. The number of hydrogen-bond donors (Lipinski definition) is 1. The monoisotopic (exact) mass is 391 g/mol.